The van der Waals surface area contributed by atoms with Crippen LogP contribution in [0.2, 0.25) is 0 Å². The summed E-state index contributed by atoms with van der Waals surface area (Å²) >= 11 is 0. The average molecular weight is 535 g/mol. The van der Waals surface area contributed by atoms with Gasteiger partial charge in [0.2, 0.25) is 10.0 Å². The number of halogens is 3. The molecule has 0 spiro atoms. The molecule has 1 atom stereocenters. The number of nitrogens with one attached hydrogen (secondary N) is 1. The SMILES string of the molecule is CC1C(=O)N(c2ccc(OC(F)(F)F)cc2)C(=O)N1Cc1ccncc1NS(=O)(=O)Cc1ccccc1. The van der Waals surface area contributed by atoms with Gasteiger partial charge in [0.15, 0.2) is 0 Å². The molecule has 0 bridgehead atoms. The van der Waals surface area contributed by atoms with Crippen molar-refractivity contribution < 1.29 is 35.9 Å². The summed E-state index contributed by atoms with van der Waals surface area (Å²) in [7, 11) is -3.82. The molecule has 13 heteroatoms. The number of hydrogen-bond acceptors (Lipinski definition) is 6. The van der Waals surface area contributed by atoms with E-state index in [9.17, 15) is 31.2 Å². The van der Waals surface area contributed by atoms with Crippen LogP contribution in [0.4, 0.5) is 29.3 Å². The standard InChI is InChI=1S/C24H21F3N4O5S/c1-16-22(32)31(19-7-9-20(10-8-19)36-24(25,26)27)23(33)30(16)14-18-11-12-28-13-21(18)29-37(34,35)15-17-5-3-2-4-6-17/h2-13,16,29H,14-15H2,1H3. The van der Waals surface area contributed by atoms with Crippen LogP contribution in [0.5, 0.6) is 5.75 Å². The van der Waals surface area contributed by atoms with E-state index >= 15 is 0 Å². The number of rotatable bonds is 8. The zero-order chi connectivity index (χ0) is 26.8. The van der Waals surface area contributed by atoms with Crippen molar-refractivity contribution in [3.63, 3.8) is 0 Å². The van der Waals surface area contributed by atoms with Gasteiger partial charge in [0.1, 0.15) is 11.8 Å². The van der Waals surface area contributed by atoms with Crippen LogP contribution in [0.3, 0.4) is 0 Å². The molecule has 1 aliphatic heterocycles. The minimum atomic E-state index is -4.88. The summed E-state index contributed by atoms with van der Waals surface area (Å²) in [5.74, 6) is -1.36. The highest BCUT2D eigenvalue weighted by atomic mass is 32.2. The highest BCUT2D eigenvalue weighted by Gasteiger charge is 2.43. The van der Waals surface area contributed by atoms with Gasteiger partial charge >= 0.3 is 12.4 Å². The maximum Gasteiger partial charge on any atom is 0.573 e. The lowest BCUT2D eigenvalue weighted by molar-refractivity contribution is -0.274. The summed E-state index contributed by atoms with van der Waals surface area (Å²) in [4.78, 5) is 32.1. The summed E-state index contributed by atoms with van der Waals surface area (Å²) in [6.45, 7) is 1.38. The molecule has 1 N–H and O–H groups in total. The normalized spacial score (nSPS) is 16.3. The van der Waals surface area contributed by atoms with Gasteiger partial charge in [-0.2, -0.15) is 0 Å². The lowest BCUT2D eigenvalue weighted by Gasteiger charge is -2.21. The predicted octanol–water partition coefficient (Wildman–Crippen LogP) is 4.28. The number of aromatic nitrogens is 1. The van der Waals surface area contributed by atoms with Crippen molar-refractivity contribution in [3.8, 4) is 5.75 Å². The number of amides is 3. The van der Waals surface area contributed by atoms with E-state index in [-0.39, 0.29) is 23.7 Å². The number of carbonyl (C=O) groups excluding carboxylic acids is 2. The van der Waals surface area contributed by atoms with Crippen molar-refractivity contribution >= 4 is 33.3 Å². The summed E-state index contributed by atoms with van der Waals surface area (Å²) in [6, 6.07) is 12.8. The van der Waals surface area contributed by atoms with Gasteiger partial charge in [-0.1, -0.05) is 30.3 Å². The summed E-state index contributed by atoms with van der Waals surface area (Å²) < 4.78 is 69.0. The fourth-order valence-electron chi connectivity index (χ4n) is 3.78. The minimum absolute atomic E-state index is 0.0670. The van der Waals surface area contributed by atoms with Crippen molar-refractivity contribution in [2.24, 2.45) is 0 Å². The first-order valence-corrected chi connectivity index (χ1v) is 12.6. The van der Waals surface area contributed by atoms with E-state index in [0.717, 1.165) is 17.0 Å². The first kappa shape index (κ1) is 25.9. The number of benzene rings is 2. The highest BCUT2D eigenvalue weighted by molar-refractivity contribution is 7.91. The van der Waals surface area contributed by atoms with Gasteiger partial charge < -0.3 is 9.64 Å². The summed E-state index contributed by atoms with van der Waals surface area (Å²) in [6.07, 6.45) is -2.15. The van der Waals surface area contributed by atoms with Crippen LogP contribution in [-0.4, -0.2) is 42.6 Å². The van der Waals surface area contributed by atoms with Crippen molar-refractivity contribution in [1.29, 1.82) is 0 Å². The zero-order valence-electron chi connectivity index (χ0n) is 19.3. The van der Waals surface area contributed by atoms with Crippen LogP contribution in [0, 0.1) is 0 Å². The van der Waals surface area contributed by atoms with Crippen LogP contribution < -0.4 is 14.4 Å². The molecule has 1 fully saturated rings. The number of pyridine rings is 1. The molecule has 9 nitrogen and oxygen atoms in total. The number of alkyl halides is 3. The number of carbonyl (C=O) groups is 2. The number of ether oxygens (including phenoxy) is 1. The van der Waals surface area contributed by atoms with Crippen molar-refractivity contribution in [3.05, 3.63) is 84.2 Å². The molecule has 37 heavy (non-hydrogen) atoms. The summed E-state index contributed by atoms with van der Waals surface area (Å²) in [5.41, 5.74) is 1.20. The molecule has 194 valence electrons. The largest absolute Gasteiger partial charge is 0.573 e. The Morgan fingerprint density at radius 2 is 1.70 bits per heavy atom. The van der Waals surface area contributed by atoms with Gasteiger partial charge in [0.25, 0.3) is 5.91 Å². The molecule has 1 aliphatic rings. The Morgan fingerprint density at radius 1 is 1.03 bits per heavy atom. The Hall–Kier alpha value is -4.13. The number of sulfonamides is 1. The monoisotopic (exact) mass is 534 g/mol. The average Bonchev–Trinajstić information content (AvgIpc) is 3.03. The van der Waals surface area contributed by atoms with E-state index in [1.807, 2.05) is 0 Å². The van der Waals surface area contributed by atoms with Gasteiger partial charge in [0.05, 0.1) is 29.9 Å². The topological polar surface area (TPSA) is 109 Å². The van der Waals surface area contributed by atoms with Gasteiger partial charge in [-0.15, -0.1) is 13.2 Å². The van der Waals surface area contributed by atoms with E-state index in [1.54, 1.807) is 30.3 Å². The lowest BCUT2D eigenvalue weighted by Crippen LogP contribution is -2.33. The van der Waals surface area contributed by atoms with Crippen molar-refractivity contribution in [2.75, 3.05) is 9.62 Å². The number of hydrogen-bond donors (Lipinski definition) is 1. The maximum absolute atomic E-state index is 13.1. The van der Waals surface area contributed by atoms with E-state index < -0.39 is 40.1 Å². The van der Waals surface area contributed by atoms with Crippen molar-refractivity contribution in [1.82, 2.24) is 9.88 Å². The van der Waals surface area contributed by atoms with Crippen molar-refractivity contribution in [2.45, 2.75) is 31.6 Å². The van der Waals surface area contributed by atoms with Crippen LogP contribution in [0.15, 0.2) is 73.1 Å². The minimum Gasteiger partial charge on any atom is -0.406 e. The Labute approximate surface area is 210 Å². The molecule has 2 heterocycles. The Balaban J connectivity index is 1.52. The molecule has 1 unspecified atom stereocenters. The molecule has 0 radical (unpaired) electrons. The number of anilines is 2. The fraction of sp³-hybridized carbons (Fsp3) is 0.208. The summed E-state index contributed by atoms with van der Waals surface area (Å²) in [5, 5.41) is 0. The molecule has 2 aromatic carbocycles. The quantitative estimate of drug-likeness (QED) is 0.432. The molecule has 0 saturated carbocycles. The second-order valence-electron chi connectivity index (χ2n) is 8.18. The first-order chi connectivity index (χ1) is 17.4. The van der Waals surface area contributed by atoms with E-state index in [0.29, 0.717) is 11.1 Å². The highest BCUT2D eigenvalue weighted by Crippen LogP contribution is 2.31. The van der Waals surface area contributed by atoms with Crippen LogP contribution >= 0.6 is 0 Å². The Bertz CT molecular complexity index is 1400. The third-order valence-electron chi connectivity index (χ3n) is 5.53. The number of urea groups is 1. The third-order valence-corrected chi connectivity index (χ3v) is 6.77. The van der Waals surface area contributed by atoms with Crippen LogP contribution in [-0.2, 0) is 27.1 Å². The maximum atomic E-state index is 13.1. The van der Waals surface area contributed by atoms with Gasteiger partial charge in [-0.3, -0.25) is 14.5 Å². The van der Waals surface area contributed by atoms with E-state index in [2.05, 4.69) is 14.4 Å². The molecular formula is C24H21F3N4O5S. The van der Waals surface area contributed by atoms with E-state index in [1.165, 1.54) is 42.4 Å². The van der Waals surface area contributed by atoms with E-state index in [4.69, 9.17) is 0 Å². The van der Waals surface area contributed by atoms with Gasteiger partial charge in [0, 0.05) is 6.20 Å². The van der Waals surface area contributed by atoms with Crippen LogP contribution in [0.1, 0.15) is 18.1 Å². The zero-order valence-corrected chi connectivity index (χ0v) is 20.2. The Morgan fingerprint density at radius 3 is 2.35 bits per heavy atom. The second kappa shape index (κ2) is 10.1. The Kier molecular flexibility index (Phi) is 7.07. The molecule has 4 rings (SSSR count). The molecule has 3 amide bonds. The lowest BCUT2D eigenvalue weighted by atomic mass is 10.2. The molecule has 1 saturated heterocycles. The number of nitrogens with zero attached hydrogens (tertiary/aromatic N) is 3. The smallest absolute Gasteiger partial charge is 0.406 e. The van der Waals surface area contributed by atoms with Gasteiger partial charge in [-0.05, 0) is 48.4 Å². The molecular weight excluding hydrogens is 513 g/mol. The van der Waals surface area contributed by atoms with Crippen LogP contribution in [0.25, 0.3) is 0 Å². The van der Waals surface area contributed by atoms with Gasteiger partial charge in [-0.25, -0.2) is 18.1 Å². The first-order valence-electron chi connectivity index (χ1n) is 10.9. The third kappa shape index (κ3) is 6.17. The molecule has 3 aromatic rings. The molecule has 1 aromatic heterocycles. The fourth-order valence-corrected chi connectivity index (χ4v) is 5.00. The number of imide groups is 1. The second-order valence-corrected chi connectivity index (χ2v) is 9.90. The predicted molar refractivity (Wildman–Crippen MR) is 128 cm³/mol. The molecule has 0 aliphatic carbocycles.